The van der Waals surface area contributed by atoms with Crippen molar-refractivity contribution in [2.45, 2.75) is 51.0 Å². The van der Waals surface area contributed by atoms with Crippen molar-refractivity contribution in [1.29, 1.82) is 0 Å². The number of imidazole rings is 1. The van der Waals surface area contributed by atoms with E-state index >= 15 is 0 Å². The van der Waals surface area contributed by atoms with E-state index in [1.165, 1.54) is 46.2 Å². The number of rotatable bonds is 4. The zero-order chi connectivity index (χ0) is 18.2. The Hall–Kier alpha value is -2.17. The first-order valence-corrected chi connectivity index (χ1v) is 10.7. The molecule has 1 unspecified atom stereocenters. The van der Waals surface area contributed by atoms with E-state index in [0.717, 1.165) is 36.3 Å². The fraction of sp³-hybridized carbons (Fsp3) is 0.348. The van der Waals surface area contributed by atoms with Crippen molar-refractivity contribution in [3.8, 4) is 0 Å². The van der Waals surface area contributed by atoms with Gasteiger partial charge in [-0.3, -0.25) is 4.40 Å². The second-order valence-corrected chi connectivity index (χ2v) is 8.63. The first-order chi connectivity index (χ1) is 13.3. The lowest BCUT2D eigenvalue weighted by molar-refractivity contribution is 0.162. The van der Waals surface area contributed by atoms with Crippen LogP contribution in [0.1, 0.15) is 53.6 Å². The molecule has 3 nitrogen and oxygen atoms in total. The largest absolute Gasteiger partial charge is 0.387 e. The van der Waals surface area contributed by atoms with E-state index in [0.29, 0.717) is 0 Å². The number of fused-ring (bicyclic) bond motifs is 4. The number of hydrogen-bond donors (Lipinski definition) is 1. The van der Waals surface area contributed by atoms with Crippen molar-refractivity contribution >= 4 is 27.1 Å². The molecular weight excluding hydrogens is 352 g/mol. The number of aliphatic hydroxyl groups excluding tert-OH is 1. The first-order valence-electron chi connectivity index (χ1n) is 9.93. The van der Waals surface area contributed by atoms with Crippen LogP contribution in [0.2, 0.25) is 0 Å². The molecule has 0 bridgehead atoms. The highest BCUT2D eigenvalue weighted by atomic mass is 32.1. The quantitative estimate of drug-likeness (QED) is 0.479. The van der Waals surface area contributed by atoms with E-state index in [-0.39, 0.29) is 0 Å². The van der Waals surface area contributed by atoms with Crippen LogP contribution in [0.3, 0.4) is 0 Å². The lowest BCUT2D eigenvalue weighted by Gasteiger charge is -2.12. The van der Waals surface area contributed by atoms with Gasteiger partial charge in [-0.2, -0.15) is 0 Å². The molecule has 4 aromatic rings. The molecule has 2 heterocycles. The van der Waals surface area contributed by atoms with Gasteiger partial charge in [-0.15, -0.1) is 11.3 Å². The number of benzene rings is 2. The molecule has 1 atom stereocenters. The summed E-state index contributed by atoms with van der Waals surface area (Å²) in [6, 6.07) is 15.0. The van der Waals surface area contributed by atoms with Crippen molar-refractivity contribution in [3.05, 3.63) is 70.5 Å². The topological polar surface area (TPSA) is 37.5 Å². The summed E-state index contributed by atoms with van der Waals surface area (Å²) in [6.07, 6.45) is 9.07. The number of aryl methyl sites for hydroxylation is 3. The molecule has 0 fully saturated rings. The average molecular weight is 377 g/mol. The Morgan fingerprint density at radius 3 is 2.81 bits per heavy atom. The van der Waals surface area contributed by atoms with Crippen molar-refractivity contribution in [3.63, 3.8) is 0 Å². The zero-order valence-corrected chi connectivity index (χ0v) is 16.2. The SMILES string of the molecule is OC(CCc1ccc2ccccc2c1)c1cnc2sc3c(n12)CCCCC3. The summed E-state index contributed by atoms with van der Waals surface area (Å²) in [5, 5.41) is 13.4. The van der Waals surface area contributed by atoms with Gasteiger partial charge in [-0.25, -0.2) is 4.98 Å². The minimum absolute atomic E-state index is 0.478. The van der Waals surface area contributed by atoms with Crippen molar-refractivity contribution in [2.75, 3.05) is 0 Å². The summed E-state index contributed by atoms with van der Waals surface area (Å²) in [6.45, 7) is 0. The fourth-order valence-electron chi connectivity index (χ4n) is 4.27. The Balaban J connectivity index is 1.39. The molecule has 0 amide bonds. The predicted octanol–water partition coefficient (Wildman–Crippen LogP) is 5.48. The molecule has 0 spiro atoms. The van der Waals surface area contributed by atoms with Crippen LogP contribution in [0.4, 0.5) is 0 Å². The van der Waals surface area contributed by atoms with E-state index in [1.807, 2.05) is 17.5 Å². The zero-order valence-electron chi connectivity index (χ0n) is 15.4. The number of nitrogens with zero attached hydrogens (tertiary/aromatic N) is 2. The highest BCUT2D eigenvalue weighted by Crippen LogP contribution is 2.32. The third-order valence-electron chi connectivity index (χ3n) is 5.74. The molecule has 5 rings (SSSR count). The summed E-state index contributed by atoms with van der Waals surface area (Å²) in [4.78, 5) is 7.11. The molecule has 2 aromatic carbocycles. The second-order valence-electron chi connectivity index (χ2n) is 7.57. The highest BCUT2D eigenvalue weighted by Gasteiger charge is 2.21. The van der Waals surface area contributed by atoms with Gasteiger partial charge in [0, 0.05) is 10.6 Å². The maximum absolute atomic E-state index is 10.9. The van der Waals surface area contributed by atoms with Gasteiger partial charge >= 0.3 is 0 Å². The Kier molecular flexibility index (Phi) is 4.46. The molecule has 0 aliphatic heterocycles. The number of hydrogen-bond acceptors (Lipinski definition) is 3. The van der Waals surface area contributed by atoms with E-state index in [2.05, 4.69) is 51.8 Å². The predicted molar refractivity (Wildman–Crippen MR) is 112 cm³/mol. The Labute approximate surface area is 163 Å². The van der Waals surface area contributed by atoms with Crippen LogP contribution in [-0.4, -0.2) is 14.5 Å². The van der Waals surface area contributed by atoms with E-state index in [4.69, 9.17) is 0 Å². The maximum Gasteiger partial charge on any atom is 0.194 e. The summed E-state index contributed by atoms with van der Waals surface area (Å²) in [5.41, 5.74) is 3.63. The van der Waals surface area contributed by atoms with Crippen LogP contribution in [0.5, 0.6) is 0 Å². The van der Waals surface area contributed by atoms with Crippen LogP contribution in [0, 0.1) is 0 Å². The summed E-state index contributed by atoms with van der Waals surface area (Å²) >= 11 is 1.81. The lowest BCUT2D eigenvalue weighted by atomic mass is 10.0. The van der Waals surface area contributed by atoms with E-state index in [1.54, 1.807) is 0 Å². The molecule has 4 heteroatoms. The van der Waals surface area contributed by atoms with Crippen LogP contribution in [-0.2, 0) is 19.3 Å². The normalized spacial score (nSPS) is 15.7. The minimum atomic E-state index is -0.478. The maximum atomic E-state index is 10.9. The van der Waals surface area contributed by atoms with Crippen LogP contribution in [0.25, 0.3) is 15.7 Å². The van der Waals surface area contributed by atoms with Gasteiger partial charge in [-0.05, 0) is 54.9 Å². The molecule has 138 valence electrons. The molecule has 1 N–H and O–H groups in total. The summed E-state index contributed by atoms with van der Waals surface area (Å²) in [5.74, 6) is 0. The van der Waals surface area contributed by atoms with Crippen molar-refractivity contribution in [2.24, 2.45) is 0 Å². The van der Waals surface area contributed by atoms with Gasteiger partial charge in [-0.1, -0.05) is 48.9 Å². The fourth-order valence-corrected chi connectivity index (χ4v) is 5.46. The van der Waals surface area contributed by atoms with Gasteiger partial charge in [0.05, 0.1) is 18.0 Å². The number of aliphatic hydroxyl groups is 1. The molecule has 1 aliphatic rings. The second kappa shape index (κ2) is 7.10. The van der Waals surface area contributed by atoms with Crippen molar-refractivity contribution < 1.29 is 5.11 Å². The van der Waals surface area contributed by atoms with Gasteiger partial charge < -0.3 is 5.11 Å². The molecule has 2 aromatic heterocycles. The van der Waals surface area contributed by atoms with Crippen LogP contribution in [0.15, 0.2) is 48.7 Å². The first kappa shape index (κ1) is 17.0. The molecule has 0 saturated carbocycles. The van der Waals surface area contributed by atoms with Gasteiger partial charge in [0.1, 0.15) is 0 Å². The number of thiazole rings is 1. The average Bonchev–Trinajstić information content (AvgIpc) is 3.17. The third kappa shape index (κ3) is 3.17. The lowest BCUT2D eigenvalue weighted by Crippen LogP contribution is -2.05. The Morgan fingerprint density at radius 1 is 1.04 bits per heavy atom. The standard InChI is InChI=1S/C23H24N2OS/c26-21(13-11-16-10-12-17-6-4-5-7-18(17)14-16)20-15-24-23-25(20)19-8-2-1-3-9-22(19)27-23/h4-7,10,12,14-15,21,26H,1-3,8-9,11,13H2. The van der Waals surface area contributed by atoms with Gasteiger partial charge in [0.25, 0.3) is 0 Å². The number of aromatic nitrogens is 2. The molecule has 0 saturated heterocycles. The third-order valence-corrected chi connectivity index (χ3v) is 6.90. The molecular formula is C23H24N2OS. The van der Waals surface area contributed by atoms with Crippen LogP contribution >= 0.6 is 11.3 Å². The van der Waals surface area contributed by atoms with Gasteiger partial charge in [0.2, 0.25) is 0 Å². The highest BCUT2D eigenvalue weighted by molar-refractivity contribution is 7.17. The molecule has 0 radical (unpaired) electrons. The van der Waals surface area contributed by atoms with Crippen molar-refractivity contribution in [1.82, 2.24) is 9.38 Å². The minimum Gasteiger partial charge on any atom is -0.387 e. The van der Waals surface area contributed by atoms with E-state index in [9.17, 15) is 5.11 Å². The molecule has 27 heavy (non-hydrogen) atoms. The van der Waals surface area contributed by atoms with E-state index < -0.39 is 6.10 Å². The van der Waals surface area contributed by atoms with Gasteiger partial charge in [0.15, 0.2) is 4.96 Å². The Bertz CT molecular complexity index is 1090. The van der Waals surface area contributed by atoms with Crippen LogP contribution < -0.4 is 0 Å². The monoisotopic (exact) mass is 376 g/mol. The molecule has 1 aliphatic carbocycles. The Morgan fingerprint density at radius 2 is 1.89 bits per heavy atom. The summed E-state index contributed by atoms with van der Waals surface area (Å²) in [7, 11) is 0. The summed E-state index contributed by atoms with van der Waals surface area (Å²) < 4.78 is 2.25. The smallest absolute Gasteiger partial charge is 0.194 e.